The number of hydrogen-bond acceptors (Lipinski definition) is 0. The van der Waals surface area contributed by atoms with Gasteiger partial charge >= 0.3 is 0 Å². The Labute approximate surface area is 79.5 Å². The van der Waals surface area contributed by atoms with Gasteiger partial charge in [0.1, 0.15) is 7.85 Å². The first-order chi connectivity index (χ1) is 5.49. The Morgan fingerprint density at radius 1 is 0.833 bits per heavy atom. The molecule has 0 saturated heterocycles. The van der Waals surface area contributed by atoms with E-state index < -0.39 is 0 Å². The maximum atomic E-state index is 2.44. The normalized spacial score (nSPS) is 13.4. The minimum absolute atomic E-state index is 0.538. The lowest BCUT2D eigenvalue weighted by molar-refractivity contribution is 0.175. The molecule has 0 saturated carbocycles. The van der Waals surface area contributed by atoms with E-state index in [0.717, 1.165) is 0 Å². The SMILES string of the molecule is BC(CC)(CC)C(C)(CC)CC. The first kappa shape index (κ1) is 12.1. The van der Waals surface area contributed by atoms with E-state index in [9.17, 15) is 0 Å². The third-order valence-corrected chi connectivity index (χ3v) is 4.58. The van der Waals surface area contributed by atoms with E-state index in [1.54, 1.807) is 0 Å². The monoisotopic (exact) mass is 168 g/mol. The van der Waals surface area contributed by atoms with Gasteiger partial charge in [-0.05, 0) is 5.41 Å². The second-order valence-electron chi connectivity index (χ2n) is 4.54. The van der Waals surface area contributed by atoms with Gasteiger partial charge in [0, 0.05) is 0 Å². The van der Waals surface area contributed by atoms with Crippen LogP contribution in [0.5, 0.6) is 0 Å². The van der Waals surface area contributed by atoms with Gasteiger partial charge in [0.15, 0.2) is 0 Å². The van der Waals surface area contributed by atoms with E-state index in [0.29, 0.717) is 10.7 Å². The molecule has 0 aliphatic rings. The summed E-state index contributed by atoms with van der Waals surface area (Å²) in [4.78, 5) is 0. The molecule has 12 heavy (non-hydrogen) atoms. The second-order valence-corrected chi connectivity index (χ2v) is 4.54. The molecule has 0 aromatic carbocycles. The van der Waals surface area contributed by atoms with Crippen LogP contribution in [0.2, 0.25) is 5.31 Å². The Kier molecular flexibility index (Phi) is 4.37. The molecule has 0 aromatic rings. The molecular weight excluding hydrogens is 143 g/mol. The van der Waals surface area contributed by atoms with Crippen molar-refractivity contribution < 1.29 is 0 Å². The maximum absolute atomic E-state index is 2.44. The third-order valence-electron chi connectivity index (χ3n) is 4.58. The standard InChI is InChI=1S/C11H25B/c1-6-10(5,7-2)11(12,8-3)9-4/h6-9,12H2,1-5H3. The van der Waals surface area contributed by atoms with Gasteiger partial charge < -0.3 is 0 Å². The smallest absolute Gasteiger partial charge is 0.0655 e. The largest absolute Gasteiger partial charge is 0.110 e. The van der Waals surface area contributed by atoms with Crippen LogP contribution in [0.3, 0.4) is 0 Å². The predicted molar refractivity (Wildman–Crippen MR) is 60.5 cm³/mol. The van der Waals surface area contributed by atoms with Crippen molar-refractivity contribution in [3.05, 3.63) is 0 Å². The first-order valence-corrected chi connectivity index (χ1v) is 5.49. The summed E-state index contributed by atoms with van der Waals surface area (Å²) in [6.07, 6.45) is 5.23. The zero-order chi connectivity index (χ0) is 9.83. The van der Waals surface area contributed by atoms with Crippen LogP contribution in [0.4, 0.5) is 0 Å². The van der Waals surface area contributed by atoms with Gasteiger partial charge in [0.2, 0.25) is 0 Å². The van der Waals surface area contributed by atoms with E-state index in [1.165, 1.54) is 25.7 Å². The highest BCUT2D eigenvalue weighted by atomic mass is 14.4. The molecule has 0 aliphatic heterocycles. The molecule has 0 bridgehead atoms. The summed E-state index contributed by atoms with van der Waals surface area (Å²) in [5.41, 5.74) is 0.538. The van der Waals surface area contributed by atoms with Crippen LogP contribution in [0, 0.1) is 5.41 Å². The first-order valence-electron chi connectivity index (χ1n) is 5.49. The number of hydrogen-bond donors (Lipinski definition) is 0. The predicted octanol–water partition coefficient (Wildman–Crippen LogP) is 3.42. The molecule has 0 atom stereocenters. The molecule has 0 N–H and O–H groups in total. The zero-order valence-corrected chi connectivity index (χ0v) is 9.83. The van der Waals surface area contributed by atoms with Crippen LogP contribution in [-0.4, -0.2) is 7.85 Å². The van der Waals surface area contributed by atoms with Gasteiger partial charge in [-0.2, -0.15) is 0 Å². The number of rotatable bonds is 5. The Morgan fingerprint density at radius 3 is 1.25 bits per heavy atom. The molecule has 0 unspecified atom stereocenters. The van der Waals surface area contributed by atoms with Crippen molar-refractivity contribution in [3.63, 3.8) is 0 Å². The summed E-state index contributed by atoms with van der Waals surface area (Å²) < 4.78 is 0. The molecule has 0 aliphatic carbocycles. The van der Waals surface area contributed by atoms with Gasteiger partial charge in [-0.3, -0.25) is 0 Å². The Balaban J connectivity index is 4.66. The highest BCUT2D eigenvalue weighted by Gasteiger charge is 2.38. The van der Waals surface area contributed by atoms with Gasteiger partial charge in [-0.15, -0.1) is 0 Å². The van der Waals surface area contributed by atoms with E-state index in [2.05, 4.69) is 42.5 Å². The summed E-state index contributed by atoms with van der Waals surface area (Å²) in [5, 5.41) is 0.538. The molecule has 0 fully saturated rings. The van der Waals surface area contributed by atoms with Crippen molar-refractivity contribution in [3.8, 4) is 0 Å². The van der Waals surface area contributed by atoms with Crippen molar-refractivity contribution in [1.82, 2.24) is 0 Å². The summed E-state index contributed by atoms with van der Waals surface area (Å²) in [6, 6.07) is 0. The van der Waals surface area contributed by atoms with Gasteiger partial charge in [0.25, 0.3) is 0 Å². The van der Waals surface area contributed by atoms with Crippen molar-refractivity contribution in [2.45, 2.75) is 65.6 Å². The molecule has 0 radical (unpaired) electrons. The van der Waals surface area contributed by atoms with Crippen LogP contribution in [0.15, 0.2) is 0 Å². The quantitative estimate of drug-likeness (QED) is 0.551. The van der Waals surface area contributed by atoms with Crippen molar-refractivity contribution in [1.29, 1.82) is 0 Å². The fourth-order valence-corrected chi connectivity index (χ4v) is 2.21. The van der Waals surface area contributed by atoms with Gasteiger partial charge in [0.05, 0.1) is 0 Å². The molecule has 0 rings (SSSR count). The second kappa shape index (κ2) is 4.34. The van der Waals surface area contributed by atoms with E-state index >= 15 is 0 Å². The van der Waals surface area contributed by atoms with Crippen LogP contribution >= 0.6 is 0 Å². The highest BCUT2D eigenvalue weighted by Crippen LogP contribution is 2.52. The zero-order valence-electron chi connectivity index (χ0n) is 9.83. The minimum Gasteiger partial charge on any atom is -0.0655 e. The van der Waals surface area contributed by atoms with Crippen LogP contribution in [-0.2, 0) is 0 Å². The lowest BCUT2D eigenvalue weighted by Gasteiger charge is -2.45. The summed E-state index contributed by atoms with van der Waals surface area (Å²) in [5.74, 6) is 0. The molecular formula is C11H25B. The van der Waals surface area contributed by atoms with Crippen LogP contribution < -0.4 is 0 Å². The van der Waals surface area contributed by atoms with E-state index in [4.69, 9.17) is 0 Å². The minimum atomic E-state index is 0.538. The lowest BCUT2D eigenvalue weighted by atomic mass is 9.48. The molecule has 0 amide bonds. The van der Waals surface area contributed by atoms with Gasteiger partial charge in [-0.1, -0.05) is 65.6 Å². The summed E-state index contributed by atoms with van der Waals surface area (Å²) in [6.45, 7) is 11.8. The summed E-state index contributed by atoms with van der Waals surface area (Å²) >= 11 is 0. The van der Waals surface area contributed by atoms with Crippen LogP contribution in [0.25, 0.3) is 0 Å². The van der Waals surface area contributed by atoms with Crippen molar-refractivity contribution in [2.75, 3.05) is 0 Å². The maximum Gasteiger partial charge on any atom is 0.110 e. The van der Waals surface area contributed by atoms with Crippen molar-refractivity contribution >= 4 is 7.85 Å². The molecule has 72 valence electrons. The van der Waals surface area contributed by atoms with Gasteiger partial charge in [-0.25, -0.2) is 0 Å². The van der Waals surface area contributed by atoms with Crippen molar-refractivity contribution in [2.24, 2.45) is 5.41 Å². The third kappa shape index (κ3) is 1.86. The Bertz CT molecular complexity index is 105. The molecule has 0 heterocycles. The lowest BCUT2D eigenvalue weighted by Crippen LogP contribution is -2.32. The fraction of sp³-hybridized carbons (Fsp3) is 1.00. The Hall–Kier alpha value is 0.0649. The molecule has 0 spiro atoms. The van der Waals surface area contributed by atoms with E-state index in [-0.39, 0.29) is 0 Å². The Morgan fingerprint density at radius 2 is 1.17 bits per heavy atom. The van der Waals surface area contributed by atoms with Crippen LogP contribution in [0.1, 0.15) is 60.3 Å². The topological polar surface area (TPSA) is 0 Å². The average Bonchev–Trinajstić information content (AvgIpc) is 2.15. The highest BCUT2D eigenvalue weighted by molar-refractivity contribution is 6.15. The average molecular weight is 168 g/mol. The molecule has 0 aromatic heterocycles. The summed E-state index contributed by atoms with van der Waals surface area (Å²) in [7, 11) is 2.44. The molecule has 1 heteroatoms. The fourth-order valence-electron chi connectivity index (χ4n) is 2.21. The molecule has 0 nitrogen and oxygen atoms in total. The van der Waals surface area contributed by atoms with E-state index in [1.807, 2.05) is 0 Å².